The normalized spacial score (nSPS) is 20.4. The van der Waals surface area contributed by atoms with Gasteiger partial charge in [0.25, 0.3) is 0 Å². The predicted molar refractivity (Wildman–Crippen MR) is 134 cm³/mol. The van der Waals surface area contributed by atoms with E-state index in [1.54, 1.807) is 24.1 Å². The number of piperazine rings is 1. The summed E-state index contributed by atoms with van der Waals surface area (Å²) in [5, 5.41) is 4.18. The summed E-state index contributed by atoms with van der Waals surface area (Å²) in [5.41, 5.74) is 0.783. The molecule has 1 saturated heterocycles. The summed E-state index contributed by atoms with van der Waals surface area (Å²) in [7, 11) is 0. The molecule has 2 fully saturated rings. The first-order valence-electron chi connectivity index (χ1n) is 12.1. The van der Waals surface area contributed by atoms with Gasteiger partial charge in [0.2, 0.25) is 5.75 Å². The highest BCUT2D eigenvalue weighted by molar-refractivity contribution is 7.96. The van der Waals surface area contributed by atoms with E-state index in [0.29, 0.717) is 56.5 Å². The number of anilines is 1. The third kappa shape index (κ3) is 6.10. The van der Waals surface area contributed by atoms with Crippen LogP contribution in [0.25, 0.3) is 5.69 Å². The SMILES string of the molecule is O=c1c(OC2CCC(F)C2)c(N2CCN(SCc3ccc(F)cc3)CC2)cnn1-c1cc(F)cc(F)c1. The molecule has 3 aromatic rings. The van der Waals surface area contributed by atoms with Crippen molar-refractivity contribution in [3.63, 3.8) is 0 Å². The maximum Gasteiger partial charge on any atom is 0.316 e. The van der Waals surface area contributed by atoms with E-state index in [4.69, 9.17) is 4.74 Å². The first kappa shape index (κ1) is 25.6. The van der Waals surface area contributed by atoms with Crippen LogP contribution in [0.2, 0.25) is 0 Å². The number of ether oxygens (including phenoxy) is 1. The van der Waals surface area contributed by atoms with Crippen LogP contribution in [-0.2, 0) is 5.75 Å². The number of halogens is 4. The minimum absolute atomic E-state index is 0.00573. The molecule has 0 bridgehead atoms. The number of rotatable bonds is 7. The summed E-state index contributed by atoms with van der Waals surface area (Å²) >= 11 is 1.65. The Bertz CT molecular complexity index is 1280. The minimum atomic E-state index is -0.989. The van der Waals surface area contributed by atoms with Gasteiger partial charge in [-0.3, -0.25) is 4.79 Å². The van der Waals surface area contributed by atoms with Crippen LogP contribution in [0.3, 0.4) is 0 Å². The van der Waals surface area contributed by atoms with Crippen LogP contribution < -0.4 is 15.2 Å². The molecule has 2 unspecified atom stereocenters. The quantitative estimate of drug-likeness (QED) is 0.318. The highest BCUT2D eigenvalue weighted by Gasteiger charge is 2.30. The Hall–Kier alpha value is -3.05. The van der Waals surface area contributed by atoms with E-state index in [9.17, 15) is 22.4 Å². The molecular formula is C26H26F4N4O2S. The van der Waals surface area contributed by atoms with Crippen molar-refractivity contribution in [1.29, 1.82) is 0 Å². The maximum atomic E-state index is 13.8. The molecule has 6 nitrogen and oxygen atoms in total. The van der Waals surface area contributed by atoms with Gasteiger partial charge in [0.05, 0.1) is 11.9 Å². The Balaban J connectivity index is 1.35. The Kier molecular flexibility index (Phi) is 7.71. The topological polar surface area (TPSA) is 50.6 Å². The number of aromatic nitrogens is 2. The Morgan fingerprint density at radius 1 is 0.946 bits per heavy atom. The lowest BCUT2D eigenvalue weighted by atomic mass is 10.2. The summed E-state index contributed by atoms with van der Waals surface area (Å²) in [5.74, 6) is -1.21. The van der Waals surface area contributed by atoms with Gasteiger partial charge in [-0.05, 0) is 42.7 Å². The average Bonchev–Trinajstić information content (AvgIpc) is 3.29. The van der Waals surface area contributed by atoms with Gasteiger partial charge in [-0.15, -0.1) is 0 Å². The standard InChI is InChI=1S/C26H26F4N4O2S/c27-18-3-1-17(2-4-18)16-37-33-9-7-32(8-10-33)24-15-31-34(22-12-20(29)11-21(30)13-22)26(35)25(24)36-23-6-5-19(28)14-23/h1-4,11-13,15,19,23H,5-10,14,16H2. The molecule has 1 saturated carbocycles. The van der Waals surface area contributed by atoms with Crippen molar-refractivity contribution in [1.82, 2.24) is 14.1 Å². The molecule has 0 amide bonds. The van der Waals surface area contributed by atoms with Gasteiger partial charge in [0, 0.05) is 44.4 Å². The molecule has 5 rings (SSSR count). The lowest BCUT2D eigenvalue weighted by Gasteiger charge is -2.36. The van der Waals surface area contributed by atoms with Crippen molar-refractivity contribution >= 4 is 17.6 Å². The van der Waals surface area contributed by atoms with Crippen molar-refractivity contribution in [3.05, 3.63) is 82.0 Å². The van der Waals surface area contributed by atoms with Crippen LogP contribution in [0.4, 0.5) is 23.2 Å². The Morgan fingerprint density at radius 2 is 1.65 bits per heavy atom. The fraction of sp³-hybridized carbons (Fsp3) is 0.385. The van der Waals surface area contributed by atoms with Crippen LogP contribution in [-0.4, -0.2) is 52.5 Å². The van der Waals surface area contributed by atoms with Crippen LogP contribution in [0.15, 0.2) is 53.5 Å². The molecule has 196 valence electrons. The van der Waals surface area contributed by atoms with Gasteiger partial charge in [-0.25, -0.2) is 21.9 Å². The van der Waals surface area contributed by atoms with Crippen LogP contribution in [0, 0.1) is 17.5 Å². The number of hydrogen-bond donors (Lipinski definition) is 0. The van der Waals surface area contributed by atoms with E-state index >= 15 is 0 Å². The monoisotopic (exact) mass is 534 g/mol. The van der Waals surface area contributed by atoms with Gasteiger partial charge in [-0.2, -0.15) is 9.78 Å². The molecule has 0 spiro atoms. The van der Waals surface area contributed by atoms with Crippen LogP contribution in [0.1, 0.15) is 24.8 Å². The first-order valence-corrected chi connectivity index (χ1v) is 13.1. The third-order valence-corrected chi connectivity index (χ3v) is 7.71. The second-order valence-corrected chi connectivity index (χ2v) is 10.2. The van der Waals surface area contributed by atoms with Gasteiger partial charge in [-0.1, -0.05) is 24.1 Å². The van der Waals surface area contributed by atoms with Gasteiger partial charge >= 0.3 is 5.56 Å². The average molecular weight is 535 g/mol. The number of hydrogen-bond acceptors (Lipinski definition) is 6. The highest BCUT2D eigenvalue weighted by atomic mass is 32.2. The van der Waals surface area contributed by atoms with Crippen LogP contribution in [0.5, 0.6) is 5.75 Å². The number of benzene rings is 2. The summed E-state index contributed by atoms with van der Waals surface area (Å²) in [6.45, 7) is 2.56. The molecule has 2 aliphatic rings. The van der Waals surface area contributed by atoms with Gasteiger partial charge in [0.1, 0.15) is 35.4 Å². The summed E-state index contributed by atoms with van der Waals surface area (Å²) in [6, 6.07) is 9.16. The fourth-order valence-corrected chi connectivity index (χ4v) is 5.52. The zero-order valence-corrected chi connectivity index (χ0v) is 20.8. The van der Waals surface area contributed by atoms with Gasteiger partial charge in [0.15, 0.2) is 0 Å². The summed E-state index contributed by atoms with van der Waals surface area (Å²) in [4.78, 5) is 15.4. The molecule has 2 aromatic carbocycles. The van der Waals surface area contributed by atoms with Crippen molar-refractivity contribution in [2.75, 3.05) is 31.1 Å². The van der Waals surface area contributed by atoms with Crippen molar-refractivity contribution in [2.45, 2.75) is 37.3 Å². The minimum Gasteiger partial charge on any atom is -0.483 e. The molecule has 37 heavy (non-hydrogen) atoms. The second kappa shape index (κ2) is 11.1. The zero-order valence-electron chi connectivity index (χ0n) is 20.0. The molecule has 2 heterocycles. The molecule has 1 aliphatic heterocycles. The van der Waals surface area contributed by atoms with Crippen LogP contribution >= 0.6 is 11.9 Å². The Labute approximate surface area is 216 Å². The van der Waals surface area contributed by atoms with Crippen molar-refractivity contribution in [3.8, 4) is 11.4 Å². The van der Waals surface area contributed by atoms with E-state index in [0.717, 1.165) is 22.4 Å². The smallest absolute Gasteiger partial charge is 0.316 e. The summed E-state index contributed by atoms with van der Waals surface area (Å²) in [6.07, 6.45) is 1.03. The largest absolute Gasteiger partial charge is 0.483 e. The van der Waals surface area contributed by atoms with E-state index < -0.39 is 29.5 Å². The number of alkyl halides is 1. The van der Waals surface area contributed by atoms with E-state index in [-0.39, 0.29) is 23.7 Å². The lowest BCUT2D eigenvalue weighted by molar-refractivity contribution is 0.193. The molecule has 0 N–H and O–H groups in total. The predicted octanol–water partition coefficient (Wildman–Crippen LogP) is 4.89. The molecular weight excluding hydrogens is 508 g/mol. The van der Waals surface area contributed by atoms with Crippen molar-refractivity contribution in [2.24, 2.45) is 0 Å². The van der Waals surface area contributed by atoms with Gasteiger partial charge < -0.3 is 9.64 Å². The molecule has 11 heteroatoms. The third-order valence-electron chi connectivity index (χ3n) is 6.52. The van der Waals surface area contributed by atoms with Crippen molar-refractivity contribution < 1.29 is 22.3 Å². The second-order valence-electron chi connectivity index (χ2n) is 9.17. The zero-order chi connectivity index (χ0) is 25.9. The molecule has 2 atom stereocenters. The molecule has 1 aliphatic carbocycles. The van der Waals surface area contributed by atoms with E-state index in [2.05, 4.69) is 9.40 Å². The van der Waals surface area contributed by atoms with E-state index in [1.165, 1.54) is 18.3 Å². The number of nitrogens with zero attached hydrogens (tertiary/aromatic N) is 4. The first-order chi connectivity index (χ1) is 17.9. The summed E-state index contributed by atoms with van der Waals surface area (Å²) < 4.78 is 63.8. The molecule has 0 radical (unpaired) electrons. The van der Waals surface area contributed by atoms with E-state index in [1.807, 2.05) is 4.90 Å². The molecule has 1 aromatic heterocycles. The maximum absolute atomic E-state index is 13.8. The Morgan fingerprint density at radius 3 is 2.30 bits per heavy atom. The fourth-order valence-electron chi connectivity index (χ4n) is 4.58. The highest BCUT2D eigenvalue weighted by Crippen LogP contribution is 2.32. The lowest BCUT2D eigenvalue weighted by Crippen LogP contribution is -2.44.